The molecule has 0 aliphatic carbocycles. The van der Waals surface area contributed by atoms with Gasteiger partial charge in [0.2, 0.25) is 0 Å². The highest BCUT2D eigenvalue weighted by Crippen LogP contribution is 2.27. The molecule has 3 N–H and O–H groups in total. The van der Waals surface area contributed by atoms with E-state index in [9.17, 15) is 0 Å². The van der Waals surface area contributed by atoms with Gasteiger partial charge in [0.1, 0.15) is 0 Å². The predicted molar refractivity (Wildman–Crippen MR) is 78.2 cm³/mol. The van der Waals surface area contributed by atoms with Crippen LogP contribution in [0.5, 0.6) is 0 Å². The molecule has 1 unspecified atom stereocenters. The van der Waals surface area contributed by atoms with Crippen LogP contribution in [0, 0.1) is 0 Å². The molecule has 1 aliphatic heterocycles. The van der Waals surface area contributed by atoms with Gasteiger partial charge in [0.25, 0.3) is 0 Å². The van der Waals surface area contributed by atoms with E-state index in [1.165, 1.54) is 16.3 Å². The molecule has 1 heterocycles. The van der Waals surface area contributed by atoms with Crippen LogP contribution in [0.2, 0.25) is 0 Å². The van der Waals surface area contributed by atoms with Crippen LogP contribution in [-0.4, -0.2) is 12.5 Å². The molecule has 0 fully saturated rings. The van der Waals surface area contributed by atoms with Crippen LogP contribution in [-0.2, 0) is 0 Å². The lowest BCUT2D eigenvalue weighted by molar-refractivity contribution is 0.572. The third kappa shape index (κ3) is 2.27. The Hall–Kier alpha value is -1.74. The van der Waals surface area contributed by atoms with Crippen molar-refractivity contribution in [2.45, 2.75) is 12.5 Å². The van der Waals surface area contributed by atoms with Gasteiger partial charge in [-0.1, -0.05) is 42.5 Å². The van der Waals surface area contributed by atoms with Gasteiger partial charge in [-0.2, -0.15) is 0 Å². The number of halogens is 1. The minimum atomic E-state index is 0. The normalized spacial score (nSPS) is 18.7. The first kappa shape index (κ1) is 12.7. The first-order valence-electron chi connectivity index (χ1n) is 5.89. The number of aliphatic imine (C=N–C) groups is 1. The van der Waals surface area contributed by atoms with Gasteiger partial charge in [-0.05, 0) is 22.8 Å². The molecule has 2 aromatic carbocycles. The highest BCUT2D eigenvalue weighted by molar-refractivity contribution is 5.87. The van der Waals surface area contributed by atoms with Gasteiger partial charge < -0.3 is 11.1 Å². The molecule has 0 radical (unpaired) electrons. The van der Waals surface area contributed by atoms with Crippen molar-refractivity contribution < 1.29 is 0 Å². The summed E-state index contributed by atoms with van der Waals surface area (Å²) in [6.07, 6.45) is 0.995. The van der Waals surface area contributed by atoms with Crippen LogP contribution in [0.4, 0.5) is 0 Å². The maximum Gasteiger partial charge on any atom is 0.189 e. The van der Waals surface area contributed by atoms with Crippen molar-refractivity contribution in [3.63, 3.8) is 0 Å². The fraction of sp³-hybridized carbons (Fsp3) is 0.214. The van der Waals surface area contributed by atoms with Gasteiger partial charge in [-0.3, -0.25) is 4.99 Å². The molecule has 1 atom stereocenters. The zero-order chi connectivity index (χ0) is 11.7. The van der Waals surface area contributed by atoms with E-state index in [2.05, 4.69) is 52.8 Å². The van der Waals surface area contributed by atoms with Gasteiger partial charge in [0.05, 0.1) is 6.04 Å². The second-order valence-electron chi connectivity index (χ2n) is 4.32. The number of fused-ring (bicyclic) bond motifs is 1. The highest BCUT2D eigenvalue weighted by Gasteiger charge is 2.17. The van der Waals surface area contributed by atoms with Crippen LogP contribution in [0.15, 0.2) is 47.5 Å². The van der Waals surface area contributed by atoms with Gasteiger partial charge >= 0.3 is 0 Å². The summed E-state index contributed by atoms with van der Waals surface area (Å²) in [7, 11) is 0. The van der Waals surface area contributed by atoms with Crippen molar-refractivity contribution in [3.05, 3.63) is 48.0 Å². The molecule has 1 aliphatic rings. The molecule has 3 nitrogen and oxygen atoms in total. The summed E-state index contributed by atoms with van der Waals surface area (Å²) < 4.78 is 0. The molecule has 0 aromatic heterocycles. The largest absolute Gasteiger partial charge is 0.370 e. The zero-order valence-electron chi connectivity index (χ0n) is 9.97. The number of guanidine groups is 1. The van der Waals surface area contributed by atoms with E-state index in [1.807, 2.05) is 0 Å². The first-order chi connectivity index (χ1) is 8.34. The maximum absolute atomic E-state index is 5.75. The van der Waals surface area contributed by atoms with Crippen molar-refractivity contribution in [1.82, 2.24) is 5.32 Å². The van der Waals surface area contributed by atoms with E-state index in [4.69, 9.17) is 5.73 Å². The number of rotatable bonds is 1. The molecular formula is C14H16ClN3. The van der Waals surface area contributed by atoms with Crippen molar-refractivity contribution in [2.24, 2.45) is 10.7 Å². The topological polar surface area (TPSA) is 50.4 Å². The van der Waals surface area contributed by atoms with Crippen LogP contribution in [0.3, 0.4) is 0 Å². The lowest BCUT2D eigenvalue weighted by atomic mass is 9.96. The highest BCUT2D eigenvalue weighted by atomic mass is 35.5. The quantitative estimate of drug-likeness (QED) is 0.829. The van der Waals surface area contributed by atoms with Gasteiger partial charge in [-0.15, -0.1) is 12.4 Å². The van der Waals surface area contributed by atoms with Crippen molar-refractivity contribution in [1.29, 1.82) is 0 Å². The average molecular weight is 262 g/mol. The molecule has 0 bridgehead atoms. The SMILES string of the molecule is Cl.NC1=NCCC(c2cccc3ccccc23)N1. The summed E-state index contributed by atoms with van der Waals surface area (Å²) in [6, 6.07) is 15.1. The Morgan fingerprint density at radius 1 is 1.11 bits per heavy atom. The molecule has 18 heavy (non-hydrogen) atoms. The Balaban J connectivity index is 0.00000120. The van der Waals surface area contributed by atoms with Crippen LogP contribution in [0.25, 0.3) is 10.8 Å². The predicted octanol–water partition coefficient (Wildman–Crippen LogP) is 2.61. The molecule has 4 heteroatoms. The molecule has 0 saturated heterocycles. The number of benzene rings is 2. The number of hydrogen-bond acceptors (Lipinski definition) is 3. The van der Waals surface area contributed by atoms with Gasteiger partial charge in [0.15, 0.2) is 5.96 Å². The van der Waals surface area contributed by atoms with Crippen molar-refractivity contribution in [3.8, 4) is 0 Å². The van der Waals surface area contributed by atoms with Crippen LogP contribution in [0.1, 0.15) is 18.0 Å². The third-order valence-electron chi connectivity index (χ3n) is 3.22. The van der Waals surface area contributed by atoms with Gasteiger partial charge in [-0.25, -0.2) is 0 Å². The minimum absolute atomic E-state index is 0. The summed E-state index contributed by atoms with van der Waals surface area (Å²) in [5, 5.41) is 5.82. The molecule has 2 aromatic rings. The Kier molecular flexibility index (Phi) is 3.72. The fourth-order valence-electron chi connectivity index (χ4n) is 2.40. The number of nitrogens with two attached hydrogens (primary N) is 1. The Morgan fingerprint density at radius 3 is 2.72 bits per heavy atom. The standard InChI is InChI=1S/C14H15N3.ClH/c15-14-16-9-8-13(17-14)12-7-3-5-10-4-1-2-6-11(10)12;/h1-7,13H,8-9H2,(H3,15,16,17);1H. The molecular weight excluding hydrogens is 246 g/mol. The second kappa shape index (κ2) is 5.27. The Morgan fingerprint density at radius 2 is 1.89 bits per heavy atom. The fourth-order valence-corrected chi connectivity index (χ4v) is 2.40. The summed E-state index contributed by atoms with van der Waals surface area (Å²) in [5.41, 5.74) is 7.05. The van der Waals surface area contributed by atoms with Crippen LogP contribution >= 0.6 is 12.4 Å². The summed E-state index contributed by atoms with van der Waals surface area (Å²) in [4.78, 5) is 4.17. The molecule has 0 amide bonds. The molecule has 0 saturated carbocycles. The summed E-state index contributed by atoms with van der Waals surface area (Å²) in [6.45, 7) is 0.798. The van der Waals surface area contributed by atoms with E-state index >= 15 is 0 Å². The smallest absolute Gasteiger partial charge is 0.189 e. The average Bonchev–Trinajstić information content (AvgIpc) is 2.38. The monoisotopic (exact) mass is 261 g/mol. The van der Waals surface area contributed by atoms with Crippen molar-refractivity contribution in [2.75, 3.05) is 6.54 Å². The van der Waals surface area contributed by atoms with E-state index < -0.39 is 0 Å². The Labute approximate surface area is 113 Å². The lowest BCUT2D eigenvalue weighted by Crippen LogP contribution is -2.38. The minimum Gasteiger partial charge on any atom is -0.370 e. The van der Waals surface area contributed by atoms with E-state index in [0.717, 1.165) is 13.0 Å². The van der Waals surface area contributed by atoms with Crippen molar-refractivity contribution >= 4 is 29.1 Å². The first-order valence-corrected chi connectivity index (χ1v) is 5.89. The number of hydrogen-bond donors (Lipinski definition) is 2. The third-order valence-corrected chi connectivity index (χ3v) is 3.22. The molecule has 0 spiro atoms. The number of nitrogens with zero attached hydrogens (tertiary/aromatic N) is 1. The molecule has 94 valence electrons. The van der Waals surface area contributed by atoms with E-state index in [-0.39, 0.29) is 18.4 Å². The lowest BCUT2D eigenvalue weighted by Gasteiger charge is -2.24. The summed E-state index contributed by atoms with van der Waals surface area (Å²) >= 11 is 0. The maximum atomic E-state index is 5.75. The summed E-state index contributed by atoms with van der Waals surface area (Å²) in [5.74, 6) is 0.550. The second-order valence-corrected chi connectivity index (χ2v) is 4.32. The van der Waals surface area contributed by atoms with Crippen LogP contribution < -0.4 is 11.1 Å². The molecule has 3 rings (SSSR count). The number of nitrogens with one attached hydrogen (secondary N) is 1. The Bertz CT molecular complexity index is 575. The zero-order valence-corrected chi connectivity index (χ0v) is 10.8. The van der Waals surface area contributed by atoms with Gasteiger partial charge in [0, 0.05) is 6.54 Å². The van der Waals surface area contributed by atoms with E-state index in [0.29, 0.717) is 5.96 Å². The van der Waals surface area contributed by atoms with E-state index in [1.54, 1.807) is 0 Å².